The summed E-state index contributed by atoms with van der Waals surface area (Å²) < 4.78 is 11.3. The minimum atomic E-state index is 0.0327. The van der Waals surface area contributed by atoms with E-state index in [2.05, 4.69) is 10.1 Å². The fraction of sp³-hybridized carbons (Fsp3) is 0.238. The Bertz CT molecular complexity index is 1070. The molecule has 0 bridgehead atoms. The fourth-order valence-corrected chi connectivity index (χ4v) is 3.64. The molecule has 0 atom stereocenters. The number of hydrogen-bond acceptors (Lipinski definition) is 4. The number of rotatable bonds is 3. The van der Waals surface area contributed by atoms with Gasteiger partial charge in [-0.15, -0.1) is 0 Å². The molecule has 0 saturated carbocycles. The lowest BCUT2D eigenvalue weighted by Crippen LogP contribution is -2.41. The Hall–Kier alpha value is -3.28. The van der Waals surface area contributed by atoms with E-state index < -0.39 is 0 Å². The molecule has 6 nitrogen and oxygen atoms in total. The smallest absolute Gasteiger partial charge is 0.270 e. The largest absolute Gasteiger partial charge is 0.472 e. The van der Waals surface area contributed by atoms with E-state index in [1.807, 2.05) is 59.5 Å². The van der Waals surface area contributed by atoms with Crippen molar-refractivity contribution >= 4 is 27.8 Å². The number of carbonyl (C=O) groups excluding carboxylic acids is 1. The van der Waals surface area contributed by atoms with Crippen LogP contribution in [0, 0.1) is 0 Å². The number of H-pyrrole nitrogens is 1. The average Bonchev–Trinajstić information content (AvgIpc) is 3.32. The Morgan fingerprint density at radius 3 is 2.74 bits per heavy atom. The van der Waals surface area contributed by atoms with E-state index in [1.165, 1.54) is 0 Å². The number of hydrogen-bond donors (Lipinski definition) is 1. The number of nitrogens with one attached hydrogen (secondary N) is 1. The minimum Gasteiger partial charge on any atom is -0.472 e. The third-order valence-electron chi connectivity index (χ3n) is 5.11. The van der Waals surface area contributed by atoms with Crippen molar-refractivity contribution in [2.75, 3.05) is 13.1 Å². The highest BCUT2D eigenvalue weighted by molar-refractivity contribution is 5.98. The highest BCUT2D eigenvalue weighted by Gasteiger charge is 2.26. The second kappa shape index (κ2) is 6.46. The summed E-state index contributed by atoms with van der Waals surface area (Å²) in [5.74, 6) is 0.572. The lowest BCUT2D eigenvalue weighted by molar-refractivity contribution is 0.0579. The van der Waals surface area contributed by atoms with Gasteiger partial charge in [0.1, 0.15) is 11.8 Å². The fourth-order valence-electron chi connectivity index (χ4n) is 3.64. The van der Waals surface area contributed by atoms with Crippen LogP contribution in [-0.2, 0) is 0 Å². The van der Waals surface area contributed by atoms with Crippen LogP contribution in [0.3, 0.4) is 0 Å². The lowest BCUT2D eigenvalue weighted by Gasteiger charge is -2.31. The van der Waals surface area contributed by atoms with Gasteiger partial charge in [-0.25, -0.2) is 0 Å². The van der Waals surface area contributed by atoms with Gasteiger partial charge in [0.2, 0.25) is 0 Å². The Labute approximate surface area is 155 Å². The molecule has 1 aliphatic rings. The monoisotopic (exact) mass is 361 g/mol. The van der Waals surface area contributed by atoms with Crippen molar-refractivity contribution in [1.82, 2.24) is 15.0 Å². The maximum Gasteiger partial charge on any atom is 0.270 e. The number of aromatic amines is 1. The van der Waals surface area contributed by atoms with E-state index in [0.29, 0.717) is 24.7 Å². The number of amides is 1. The third-order valence-corrected chi connectivity index (χ3v) is 5.11. The summed E-state index contributed by atoms with van der Waals surface area (Å²) in [4.78, 5) is 17.9. The maximum absolute atomic E-state index is 12.8. The lowest BCUT2D eigenvalue weighted by atomic mass is 10.1. The Balaban J connectivity index is 1.25. The van der Waals surface area contributed by atoms with Gasteiger partial charge in [-0.1, -0.05) is 30.3 Å². The Kier molecular flexibility index (Phi) is 3.81. The first-order valence-electron chi connectivity index (χ1n) is 9.16. The first kappa shape index (κ1) is 15.9. The number of fused-ring (bicyclic) bond motifs is 2. The van der Waals surface area contributed by atoms with Gasteiger partial charge in [0, 0.05) is 36.8 Å². The van der Waals surface area contributed by atoms with Gasteiger partial charge in [-0.3, -0.25) is 4.79 Å². The molecule has 1 aliphatic heterocycles. The van der Waals surface area contributed by atoms with Gasteiger partial charge in [0.15, 0.2) is 5.58 Å². The molecule has 2 aromatic heterocycles. The van der Waals surface area contributed by atoms with Crippen LogP contribution >= 0.6 is 0 Å². The van der Waals surface area contributed by atoms with Gasteiger partial charge < -0.3 is 19.1 Å². The molecule has 4 aromatic rings. The number of nitrogens with zero attached hydrogens (tertiary/aromatic N) is 2. The van der Waals surface area contributed by atoms with Crippen LogP contribution in [0.25, 0.3) is 21.9 Å². The number of aromatic nitrogens is 2. The van der Waals surface area contributed by atoms with Crippen LogP contribution in [0.15, 0.2) is 59.1 Å². The molecule has 0 spiro atoms. The third kappa shape index (κ3) is 2.93. The van der Waals surface area contributed by atoms with E-state index >= 15 is 0 Å². The van der Waals surface area contributed by atoms with Crippen molar-refractivity contribution in [2.24, 2.45) is 0 Å². The van der Waals surface area contributed by atoms with Crippen LogP contribution in [0.1, 0.15) is 23.3 Å². The van der Waals surface area contributed by atoms with E-state index in [-0.39, 0.29) is 12.0 Å². The molecule has 27 heavy (non-hydrogen) atoms. The number of carbonyl (C=O) groups is 1. The highest BCUT2D eigenvalue weighted by Crippen LogP contribution is 2.27. The average molecular weight is 361 g/mol. The van der Waals surface area contributed by atoms with Crippen LogP contribution in [0.4, 0.5) is 0 Å². The molecule has 1 amide bonds. The SMILES string of the molecule is O=C(c1cc2ccccc2[nH]1)N1CCC(Oc2noc3ccccc23)CC1. The summed E-state index contributed by atoms with van der Waals surface area (Å²) in [6.45, 7) is 1.32. The standard InChI is InChI=1S/C21H19N3O3/c25-21(18-13-14-5-1-3-7-17(14)22-18)24-11-9-15(10-12-24)26-20-16-6-2-4-8-19(16)27-23-20/h1-8,13,15,22H,9-12H2. The van der Waals surface area contributed by atoms with Gasteiger partial charge in [-0.05, 0) is 29.4 Å². The molecule has 6 heteroatoms. The molecule has 5 rings (SSSR count). The number of ether oxygens (including phenoxy) is 1. The summed E-state index contributed by atoms with van der Waals surface area (Å²) in [5, 5.41) is 5.97. The summed E-state index contributed by atoms with van der Waals surface area (Å²) >= 11 is 0. The number of piperidine rings is 1. The Morgan fingerprint density at radius 2 is 1.89 bits per heavy atom. The van der Waals surface area contributed by atoms with Gasteiger partial charge in [0.25, 0.3) is 11.8 Å². The number of likely N-dealkylation sites (tertiary alicyclic amines) is 1. The van der Waals surface area contributed by atoms with Crippen molar-refractivity contribution in [3.63, 3.8) is 0 Å². The van der Waals surface area contributed by atoms with E-state index in [9.17, 15) is 4.79 Å². The van der Waals surface area contributed by atoms with Crippen molar-refractivity contribution in [2.45, 2.75) is 18.9 Å². The molecule has 3 heterocycles. The van der Waals surface area contributed by atoms with Crippen LogP contribution < -0.4 is 4.74 Å². The summed E-state index contributed by atoms with van der Waals surface area (Å²) in [5.41, 5.74) is 2.34. The van der Waals surface area contributed by atoms with Crippen LogP contribution in [0.5, 0.6) is 5.88 Å². The van der Waals surface area contributed by atoms with Gasteiger partial charge in [0.05, 0.1) is 5.39 Å². The summed E-state index contributed by atoms with van der Waals surface area (Å²) in [6.07, 6.45) is 1.57. The van der Waals surface area contributed by atoms with Crippen molar-refractivity contribution < 1.29 is 14.1 Å². The molecule has 0 unspecified atom stereocenters. The molecule has 0 radical (unpaired) electrons. The number of para-hydroxylation sites is 2. The Morgan fingerprint density at radius 1 is 1.11 bits per heavy atom. The van der Waals surface area contributed by atoms with E-state index in [4.69, 9.17) is 9.26 Å². The molecule has 1 saturated heterocycles. The zero-order chi connectivity index (χ0) is 18.2. The highest BCUT2D eigenvalue weighted by atomic mass is 16.5. The zero-order valence-corrected chi connectivity index (χ0v) is 14.7. The molecular weight excluding hydrogens is 342 g/mol. The van der Waals surface area contributed by atoms with Gasteiger partial charge in [-0.2, -0.15) is 0 Å². The van der Waals surface area contributed by atoms with Crippen molar-refractivity contribution in [3.05, 3.63) is 60.3 Å². The first-order valence-corrected chi connectivity index (χ1v) is 9.16. The molecule has 136 valence electrons. The molecule has 1 fully saturated rings. The van der Waals surface area contributed by atoms with Gasteiger partial charge >= 0.3 is 0 Å². The summed E-state index contributed by atoms with van der Waals surface area (Å²) in [6, 6.07) is 17.5. The topological polar surface area (TPSA) is 71.4 Å². The predicted molar refractivity (Wildman–Crippen MR) is 102 cm³/mol. The van der Waals surface area contributed by atoms with Crippen LogP contribution in [-0.4, -0.2) is 40.1 Å². The molecule has 1 N–H and O–H groups in total. The molecular formula is C21H19N3O3. The zero-order valence-electron chi connectivity index (χ0n) is 14.7. The molecule has 0 aliphatic carbocycles. The predicted octanol–water partition coefficient (Wildman–Crippen LogP) is 3.99. The minimum absolute atomic E-state index is 0.0327. The quantitative estimate of drug-likeness (QED) is 0.599. The summed E-state index contributed by atoms with van der Waals surface area (Å²) in [7, 11) is 0. The van der Waals surface area contributed by atoms with E-state index in [1.54, 1.807) is 0 Å². The second-order valence-corrected chi connectivity index (χ2v) is 6.86. The molecule has 2 aromatic carbocycles. The number of benzene rings is 2. The normalized spacial score (nSPS) is 15.5. The van der Waals surface area contributed by atoms with Crippen molar-refractivity contribution in [1.29, 1.82) is 0 Å². The second-order valence-electron chi connectivity index (χ2n) is 6.86. The maximum atomic E-state index is 12.8. The van der Waals surface area contributed by atoms with Crippen LogP contribution in [0.2, 0.25) is 0 Å². The first-order chi connectivity index (χ1) is 13.3. The van der Waals surface area contributed by atoms with E-state index in [0.717, 1.165) is 34.7 Å². The van der Waals surface area contributed by atoms with Crippen molar-refractivity contribution in [3.8, 4) is 5.88 Å².